The summed E-state index contributed by atoms with van der Waals surface area (Å²) in [6, 6.07) is 112. The second-order valence-electron chi connectivity index (χ2n) is 23.9. The van der Waals surface area contributed by atoms with E-state index >= 15 is 0 Å². The fourth-order valence-corrected chi connectivity index (χ4v) is 14.6. The zero-order valence-electron chi connectivity index (χ0n) is 49.6. The van der Waals surface area contributed by atoms with Gasteiger partial charge in [-0.2, -0.15) is 10.5 Å². The predicted octanol–water partition coefficient (Wildman–Crippen LogP) is 24.2. The molecule has 17 aromatic carbocycles. The Hall–Kier alpha value is -12.6. The van der Waals surface area contributed by atoms with E-state index in [1.807, 2.05) is 60.7 Å². The average Bonchev–Trinajstić information content (AvgIpc) is 0.835. The number of nitrogens with zero attached hydrogens (tertiary/aromatic N) is 2. The van der Waals surface area contributed by atoms with Crippen LogP contribution in [0, 0.1) is 22.7 Å². The molecule has 2 aliphatic heterocycles. The highest BCUT2D eigenvalue weighted by Gasteiger charge is 2.25. The smallest absolute Gasteiger partial charge is 0.135 e. The van der Waals surface area contributed by atoms with E-state index in [9.17, 15) is 10.5 Å². The molecular formula is C88H50N2O2. The molecule has 0 atom stereocenters. The summed E-state index contributed by atoms with van der Waals surface area (Å²) in [4.78, 5) is 0. The maximum absolute atomic E-state index is 9.66. The minimum Gasteiger partial charge on any atom is -0.456 e. The molecule has 0 aliphatic carbocycles. The van der Waals surface area contributed by atoms with Crippen molar-refractivity contribution in [3.8, 4) is 113 Å². The Kier molecular flexibility index (Phi) is 12.0. The van der Waals surface area contributed by atoms with Crippen LogP contribution in [0.1, 0.15) is 11.1 Å². The summed E-state index contributed by atoms with van der Waals surface area (Å²) in [5.41, 5.74) is 17.4. The molecule has 0 fully saturated rings. The molecule has 0 radical (unpaired) electrons. The molecule has 0 aromatic heterocycles. The number of ether oxygens (including phenoxy) is 2. The maximum Gasteiger partial charge on any atom is 0.135 e. The van der Waals surface area contributed by atoms with Gasteiger partial charge in [-0.3, -0.25) is 0 Å². The number of rotatable bonds is 5. The van der Waals surface area contributed by atoms with Crippen LogP contribution in [0.4, 0.5) is 0 Å². The molecule has 2 aliphatic rings. The number of benzene rings is 17. The molecule has 2 heterocycles. The lowest BCUT2D eigenvalue weighted by molar-refractivity contribution is 0.487. The molecule has 424 valence electrons. The minimum absolute atomic E-state index is 0.661. The van der Waals surface area contributed by atoms with Crippen LogP contribution in [0.5, 0.6) is 23.0 Å². The topological polar surface area (TPSA) is 66.0 Å². The maximum atomic E-state index is 9.66. The molecule has 4 heteroatoms. The molecular weight excluding hydrogens is 1120 g/mol. The van der Waals surface area contributed by atoms with Gasteiger partial charge in [0.05, 0.1) is 23.3 Å². The van der Waals surface area contributed by atoms with Crippen LogP contribution < -0.4 is 9.47 Å². The highest BCUT2D eigenvalue weighted by atomic mass is 16.5. The van der Waals surface area contributed by atoms with Gasteiger partial charge in [-0.1, -0.05) is 237 Å². The average molecular weight is 1170 g/mol. The highest BCUT2D eigenvalue weighted by molar-refractivity contribution is 6.24. The first-order chi connectivity index (χ1) is 45.5. The van der Waals surface area contributed by atoms with Crippen molar-refractivity contribution < 1.29 is 9.47 Å². The molecule has 0 unspecified atom stereocenters. The van der Waals surface area contributed by atoms with Crippen LogP contribution >= 0.6 is 0 Å². The SMILES string of the molecule is N#Cc1ccc2c3c(cccc13)Oc1cc(-c3ccc(-c4cc5c6ccccc6c(-c6ccccc6)cc5c5ccccc45)cc3)ccc1-2.N#Cc1ccc2c3c(cccc13)Oc1cc(-c3ccc(-c4cc5c6ccccc6ccc5c5ccccc45)cc3)ccc1-2. The summed E-state index contributed by atoms with van der Waals surface area (Å²) in [5, 5.41) is 38.3. The van der Waals surface area contributed by atoms with Gasteiger partial charge in [0.25, 0.3) is 0 Å². The second-order valence-corrected chi connectivity index (χ2v) is 23.9. The van der Waals surface area contributed by atoms with Gasteiger partial charge in [-0.05, 0) is 198 Å². The van der Waals surface area contributed by atoms with E-state index in [4.69, 9.17) is 9.47 Å². The molecule has 0 spiro atoms. The Labute approximate surface area is 530 Å². The Morgan fingerprint density at radius 1 is 0.196 bits per heavy atom. The lowest BCUT2D eigenvalue weighted by Gasteiger charge is -2.22. The van der Waals surface area contributed by atoms with E-state index in [0.717, 1.165) is 89.1 Å². The van der Waals surface area contributed by atoms with Crippen LogP contribution in [0.15, 0.2) is 303 Å². The number of nitriles is 2. The van der Waals surface area contributed by atoms with Crippen molar-refractivity contribution in [2.75, 3.05) is 0 Å². The Morgan fingerprint density at radius 2 is 0.543 bits per heavy atom. The molecule has 19 rings (SSSR count). The first-order valence-electron chi connectivity index (χ1n) is 31.1. The number of hydrogen-bond acceptors (Lipinski definition) is 4. The molecule has 4 nitrogen and oxygen atoms in total. The van der Waals surface area contributed by atoms with Crippen molar-refractivity contribution in [2.45, 2.75) is 0 Å². The van der Waals surface area contributed by atoms with Crippen LogP contribution in [0.25, 0.3) is 164 Å². The second kappa shape index (κ2) is 21.0. The third-order valence-electron chi connectivity index (χ3n) is 19.0. The van der Waals surface area contributed by atoms with Gasteiger partial charge in [0.1, 0.15) is 23.0 Å². The van der Waals surface area contributed by atoms with E-state index in [0.29, 0.717) is 11.1 Å². The van der Waals surface area contributed by atoms with Crippen molar-refractivity contribution in [1.29, 1.82) is 10.5 Å². The fraction of sp³-hybridized carbons (Fsp3) is 0. The number of hydrogen-bond donors (Lipinski definition) is 0. The van der Waals surface area contributed by atoms with Gasteiger partial charge in [-0.15, -0.1) is 0 Å². The van der Waals surface area contributed by atoms with Crippen molar-refractivity contribution in [3.63, 3.8) is 0 Å². The van der Waals surface area contributed by atoms with E-state index in [1.165, 1.54) is 98.0 Å². The van der Waals surface area contributed by atoms with Crippen LogP contribution in [-0.2, 0) is 0 Å². The molecule has 17 aromatic rings. The normalized spacial score (nSPS) is 11.8. The van der Waals surface area contributed by atoms with Gasteiger partial charge < -0.3 is 9.47 Å². The zero-order valence-corrected chi connectivity index (χ0v) is 49.6. The Morgan fingerprint density at radius 3 is 1.01 bits per heavy atom. The van der Waals surface area contributed by atoms with Crippen LogP contribution in [0.3, 0.4) is 0 Å². The van der Waals surface area contributed by atoms with Crippen molar-refractivity contribution >= 4 is 86.2 Å². The number of fused-ring (bicyclic) bond motifs is 14. The molecule has 0 saturated heterocycles. The first-order valence-corrected chi connectivity index (χ1v) is 31.1. The molecule has 0 saturated carbocycles. The molecule has 0 amide bonds. The van der Waals surface area contributed by atoms with Gasteiger partial charge >= 0.3 is 0 Å². The minimum atomic E-state index is 0.661. The molecule has 92 heavy (non-hydrogen) atoms. The predicted molar refractivity (Wildman–Crippen MR) is 381 cm³/mol. The monoisotopic (exact) mass is 1170 g/mol. The molecule has 0 N–H and O–H groups in total. The van der Waals surface area contributed by atoms with Gasteiger partial charge in [0.15, 0.2) is 0 Å². The quantitative estimate of drug-likeness (QED) is 0.161. The van der Waals surface area contributed by atoms with Gasteiger partial charge in [0, 0.05) is 32.7 Å². The van der Waals surface area contributed by atoms with Crippen molar-refractivity contribution in [2.24, 2.45) is 0 Å². The highest BCUT2D eigenvalue weighted by Crippen LogP contribution is 2.51. The Bertz CT molecular complexity index is 6070. The van der Waals surface area contributed by atoms with E-state index in [-0.39, 0.29) is 0 Å². The van der Waals surface area contributed by atoms with Crippen LogP contribution in [-0.4, -0.2) is 0 Å². The standard InChI is InChI=1S/C47H27NO.C41H23NO/c48-28-33-22-24-40-39-23-21-32(25-46(39)49-45-16-8-15-34(33)47(40)45)29-17-19-31(20-18-29)42-27-44-37-13-6-4-11-35(37)41(30-9-2-1-3-10-30)26-43(44)38-14-7-5-12-36(38)42;42-24-29-18-21-36-35-20-17-28(22-40(35)43-39-11-5-10-31(29)41(36)39)25-12-14-27(15-13-25)37-23-38-30-7-2-1-6-26(30)16-19-34(38)32-8-3-4-9-33(32)37/h1-27H;1-23H. The van der Waals surface area contributed by atoms with Crippen molar-refractivity contribution in [1.82, 2.24) is 0 Å². The van der Waals surface area contributed by atoms with Crippen molar-refractivity contribution in [3.05, 3.63) is 314 Å². The summed E-state index contributed by atoms with van der Waals surface area (Å²) in [5.74, 6) is 3.24. The summed E-state index contributed by atoms with van der Waals surface area (Å²) >= 11 is 0. The van der Waals surface area contributed by atoms with Gasteiger partial charge in [0.2, 0.25) is 0 Å². The van der Waals surface area contributed by atoms with E-state index in [1.54, 1.807) is 0 Å². The Balaban J connectivity index is 0.000000137. The van der Waals surface area contributed by atoms with Gasteiger partial charge in [-0.25, -0.2) is 0 Å². The lowest BCUT2D eigenvalue weighted by atomic mass is 9.87. The van der Waals surface area contributed by atoms with Crippen LogP contribution in [0.2, 0.25) is 0 Å². The van der Waals surface area contributed by atoms with E-state index < -0.39 is 0 Å². The fourth-order valence-electron chi connectivity index (χ4n) is 14.6. The lowest BCUT2D eigenvalue weighted by Crippen LogP contribution is -1.98. The zero-order chi connectivity index (χ0) is 61.0. The summed E-state index contributed by atoms with van der Waals surface area (Å²) in [6.45, 7) is 0. The summed E-state index contributed by atoms with van der Waals surface area (Å²) < 4.78 is 12.9. The largest absolute Gasteiger partial charge is 0.456 e. The van der Waals surface area contributed by atoms with E-state index in [2.05, 4.69) is 255 Å². The third kappa shape index (κ3) is 8.36. The summed E-state index contributed by atoms with van der Waals surface area (Å²) in [6.07, 6.45) is 0. The summed E-state index contributed by atoms with van der Waals surface area (Å²) in [7, 11) is 0. The third-order valence-corrected chi connectivity index (χ3v) is 19.0. The first kappa shape index (κ1) is 52.5. The molecule has 0 bridgehead atoms.